The lowest BCUT2D eigenvalue weighted by Crippen LogP contribution is -1.97. The van der Waals surface area contributed by atoms with Gasteiger partial charge in [0, 0.05) is 17.7 Å². The summed E-state index contributed by atoms with van der Waals surface area (Å²) in [5.74, 6) is -2.05. The normalized spacial score (nSPS) is 10.6. The summed E-state index contributed by atoms with van der Waals surface area (Å²) in [5.41, 5.74) is -0.0385. The SMILES string of the molecule is CCOC=CC(=O)c1cc(F)cc(F)c1. The van der Waals surface area contributed by atoms with Crippen LogP contribution in [0, 0.1) is 11.6 Å². The summed E-state index contributed by atoms with van der Waals surface area (Å²) in [5, 5.41) is 0. The van der Waals surface area contributed by atoms with Crippen LogP contribution in [0.1, 0.15) is 17.3 Å². The minimum absolute atomic E-state index is 0.0385. The highest BCUT2D eigenvalue weighted by Crippen LogP contribution is 2.09. The molecule has 0 radical (unpaired) electrons. The minimum Gasteiger partial charge on any atom is -0.501 e. The molecule has 0 amide bonds. The quantitative estimate of drug-likeness (QED) is 0.435. The number of hydrogen-bond donors (Lipinski definition) is 0. The molecule has 0 unspecified atom stereocenters. The number of carbonyl (C=O) groups is 1. The average Bonchev–Trinajstić information content (AvgIpc) is 2.16. The third-order valence-electron chi connectivity index (χ3n) is 1.63. The number of benzene rings is 1. The van der Waals surface area contributed by atoms with Crippen LogP contribution in [0.25, 0.3) is 0 Å². The first-order valence-electron chi connectivity index (χ1n) is 4.42. The standard InChI is InChI=1S/C11H10F2O2/c1-2-15-4-3-11(14)8-5-9(12)7-10(13)6-8/h3-7H,2H2,1H3. The fraction of sp³-hybridized carbons (Fsp3) is 0.182. The monoisotopic (exact) mass is 212 g/mol. The molecule has 0 bridgehead atoms. The molecule has 0 aliphatic carbocycles. The second-order valence-corrected chi connectivity index (χ2v) is 2.78. The van der Waals surface area contributed by atoms with E-state index in [0.717, 1.165) is 18.2 Å². The van der Waals surface area contributed by atoms with E-state index in [0.29, 0.717) is 12.7 Å². The molecule has 80 valence electrons. The van der Waals surface area contributed by atoms with Gasteiger partial charge in [0.05, 0.1) is 12.9 Å². The van der Waals surface area contributed by atoms with Crippen LogP contribution in [0.2, 0.25) is 0 Å². The zero-order valence-electron chi connectivity index (χ0n) is 8.17. The van der Waals surface area contributed by atoms with Crippen molar-refractivity contribution in [1.29, 1.82) is 0 Å². The van der Waals surface area contributed by atoms with E-state index >= 15 is 0 Å². The maximum Gasteiger partial charge on any atom is 0.189 e. The highest BCUT2D eigenvalue weighted by molar-refractivity contribution is 6.04. The van der Waals surface area contributed by atoms with E-state index in [1.165, 1.54) is 6.26 Å². The molecule has 0 aliphatic heterocycles. The largest absolute Gasteiger partial charge is 0.501 e. The van der Waals surface area contributed by atoms with Crippen LogP contribution in [0.5, 0.6) is 0 Å². The zero-order valence-corrected chi connectivity index (χ0v) is 8.17. The Morgan fingerprint density at radius 3 is 2.47 bits per heavy atom. The van der Waals surface area contributed by atoms with Crippen LogP contribution >= 0.6 is 0 Å². The van der Waals surface area contributed by atoms with Gasteiger partial charge in [-0.15, -0.1) is 0 Å². The first kappa shape index (κ1) is 11.4. The van der Waals surface area contributed by atoms with Crippen molar-refractivity contribution >= 4 is 5.78 Å². The summed E-state index contributed by atoms with van der Waals surface area (Å²) in [6.45, 7) is 2.19. The maximum absolute atomic E-state index is 12.7. The molecule has 0 atom stereocenters. The highest BCUT2D eigenvalue weighted by atomic mass is 19.1. The van der Waals surface area contributed by atoms with E-state index in [1.807, 2.05) is 0 Å². The fourth-order valence-corrected chi connectivity index (χ4v) is 0.998. The van der Waals surface area contributed by atoms with Gasteiger partial charge in [0.2, 0.25) is 0 Å². The predicted octanol–water partition coefficient (Wildman–Crippen LogP) is 2.70. The van der Waals surface area contributed by atoms with Crippen LogP contribution in [0.3, 0.4) is 0 Å². The van der Waals surface area contributed by atoms with Crippen molar-refractivity contribution in [2.24, 2.45) is 0 Å². The van der Waals surface area contributed by atoms with Gasteiger partial charge in [-0.2, -0.15) is 0 Å². The third kappa shape index (κ3) is 3.50. The van der Waals surface area contributed by atoms with E-state index in [9.17, 15) is 13.6 Å². The molecule has 0 aromatic heterocycles. The smallest absolute Gasteiger partial charge is 0.189 e. The maximum atomic E-state index is 12.7. The third-order valence-corrected chi connectivity index (χ3v) is 1.63. The number of ketones is 1. The number of carbonyl (C=O) groups excluding carboxylic acids is 1. The van der Waals surface area contributed by atoms with Crippen molar-refractivity contribution in [1.82, 2.24) is 0 Å². The Kier molecular flexibility index (Phi) is 3.97. The van der Waals surface area contributed by atoms with Gasteiger partial charge in [0.15, 0.2) is 5.78 Å². The predicted molar refractivity (Wildman–Crippen MR) is 51.5 cm³/mol. The van der Waals surface area contributed by atoms with Crippen molar-refractivity contribution in [3.8, 4) is 0 Å². The molecule has 0 fully saturated rings. The number of halogens is 2. The Morgan fingerprint density at radius 2 is 1.93 bits per heavy atom. The van der Waals surface area contributed by atoms with Crippen LogP contribution in [0.4, 0.5) is 8.78 Å². The van der Waals surface area contributed by atoms with Crippen molar-refractivity contribution < 1.29 is 18.3 Å². The van der Waals surface area contributed by atoms with Gasteiger partial charge in [-0.3, -0.25) is 4.79 Å². The number of allylic oxidation sites excluding steroid dienone is 1. The molecule has 15 heavy (non-hydrogen) atoms. The van der Waals surface area contributed by atoms with Crippen LogP contribution in [-0.2, 0) is 4.74 Å². The molecule has 0 spiro atoms. The fourth-order valence-electron chi connectivity index (χ4n) is 0.998. The molecule has 2 nitrogen and oxygen atoms in total. The van der Waals surface area contributed by atoms with Gasteiger partial charge in [-0.25, -0.2) is 8.78 Å². The van der Waals surface area contributed by atoms with Crippen molar-refractivity contribution in [3.05, 3.63) is 47.7 Å². The van der Waals surface area contributed by atoms with E-state index in [1.54, 1.807) is 6.92 Å². The second kappa shape index (κ2) is 5.24. The summed E-state index contributed by atoms with van der Waals surface area (Å²) in [7, 11) is 0. The molecule has 1 aromatic rings. The molecule has 0 N–H and O–H groups in total. The summed E-state index contributed by atoms with van der Waals surface area (Å²) in [6, 6.07) is 2.66. The Hall–Kier alpha value is -1.71. The lowest BCUT2D eigenvalue weighted by atomic mass is 10.1. The first-order chi connectivity index (χ1) is 7.13. The van der Waals surface area contributed by atoms with Gasteiger partial charge in [-0.05, 0) is 19.1 Å². The van der Waals surface area contributed by atoms with Crippen molar-refractivity contribution in [2.75, 3.05) is 6.61 Å². The van der Waals surface area contributed by atoms with Crippen molar-refractivity contribution in [2.45, 2.75) is 6.92 Å². The van der Waals surface area contributed by atoms with Crippen LogP contribution in [-0.4, -0.2) is 12.4 Å². The van der Waals surface area contributed by atoms with Gasteiger partial charge < -0.3 is 4.74 Å². The number of rotatable bonds is 4. The lowest BCUT2D eigenvalue weighted by molar-refractivity contribution is 0.104. The summed E-state index contributed by atoms with van der Waals surface area (Å²) in [6.07, 6.45) is 2.32. The average molecular weight is 212 g/mol. The molecule has 1 rings (SSSR count). The Bertz CT molecular complexity index is 366. The zero-order chi connectivity index (χ0) is 11.3. The molecule has 0 saturated heterocycles. The molecule has 1 aromatic carbocycles. The van der Waals surface area contributed by atoms with E-state index in [-0.39, 0.29) is 5.56 Å². The van der Waals surface area contributed by atoms with E-state index in [4.69, 9.17) is 4.74 Å². The molecular formula is C11H10F2O2. The van der Waals surface area contributed by atoms with Crippen LogP contribution < -0.4 is 0 Å². The highest BCUT2D eigenvalue weighted by Gasteiger charge is 2.05. The Labute approximate surface area is 86.2 Å². The van der Waals surface area contributed by atoms with Gasteiger partial charge in [-0.1, -0.05) is 0 Å². The molecule has 0 saturated carbocycles. The molecule has 0 heterocycles. The number of ether oxygens (including phenoxy) is 1. The second-order valence-electron chi connectivity index (χ2n) is 2.78. The Balaban J connectivity index is 2.82. The first-order valence-corrected chi connectivity index (χ1v) is 4.42. The molecule has 4 heteroatoms. The summed E-state index contributed by atoms with van der Waals surface area (Å²) < 4.78 is 30.3. The summed E-state index contributed by atoms with van der Waals surface area (Å²) >= 11 is 0. The van der Waals surface area contributed by atoms with Gasteiger partial charge >= 0.3 is 0 Å². The topological polar surface area (TPSA) is 26.3 Å². The van der Waals surface area contributed by atoms with Crippen molar-refractivity contribution in [3.63, 3.8) is 0 Å². The molecule has 0 aliphatic rings. The van der Waals surface area contributed by atoms with E-state index < -0.39 is 17.4 Å². The lowest BCUT2D eigenvalue weighted by Gasteiger charge is -1.97. The van der Waals surface area contributed by atoms with E-state index in [2.05, 4.69) is 0 Å². The molecular weight excluding hydrogens is 202 g/mol. The Morgan fingerprint density at radius 1 is 1.33 bits per heavy atom. The van der Waals surface area contributed by atoms with Gasteiger partial charge in [0.25, 0.3) is 0 Å². The van der Waals surface area contributed by atoms with Gasteiger partial charge in [0.1, 0.15) is 11.6 Å². The number of hydrogen-bond acceptors (Lipinski definition) is 2. The van der Waals surface area contributed by atoms with Crippen LogP contribution in [0.15, 0.2) is 30.5 Å². The summed E-state index contributed by atoms with van der Waals surface area (Å²) in [4.78, 5) is 11.3. The minimum atomic E-state index is -0.775.